The lowest BCUT2D eigenvalue weighted by Crippen LogP contribution is -2.46. The largest absolute Gasteiger partial charge is 0.350 e. The molecular weight excluding hydrogens is 192 g/mol. The maximum atomic E-state index is 12.1. The molecule has 2 heterocycles. The monoisotopic (exact) mass is 207 g/mol. The van der Waals surface area contributed by atoms with Gasteiger partial charge in [0.05, 0.1) is 17.8 Å². The van der Waals surface area contributed by atoms with Gasteiger partial charge in [0.15, 0.2) is 5.72 Å². The Morgan fingerprint density at radius 2 is 2.13 bits per heavy atom. The summed E-state index contributed by atoms with van der Waals surface area (Å²) >= 11 is 0. The normalized spacial score (nSPS) is 30.7. The van der Waals surface area contributed by atoms with Crippen LogP contribution in [0.4, 0.5) is 0 Å². The third kappa shape index (κ3) is 1.55. The lowest BCUT2D eigenvalue weighted by atomic mass is 10.1. The first-order valence-corrected chi connectivity index (χ1v) is 5.00. The summed E-state index contributed by atoms with van der Waals surface area (Å²) in [4.78, 5) is 4.18. The molecule has 0 bridgehead atoms. The van der Waals surface area contributed by atoms with Gasteiger partial charge in [-0.2, -0.15) is 0 Å². The molecule has 4 heteroatoms. The Balaban J connectivity index is 2.38. The minimum atomic E-state index is -0.954. The molecule has 1 saturated heterocycles. The summed E-state index contributed by atoms with van der Waals surface area (Å²) in [6.45, 7) is 5.92. The van der Waals surface area contributed by atoms with Crippen molar-refractivity contribution in [3.8, 4) is 0 Å². The summed E-state index contributed by atoms with van der Waals surface area (Å²) < 4.78 is 5.60. The molecule has 15 heavy (non-hydrogen) atoms. The molecule has 0 aromatic carbocycles. The molecular formula is C11H15N2O2. The predicted octanol–water partition coefficient (Wildman–Crippen LogP) is 1.71. The van der Waals surface area contributed by atoms with Gasteiger partial charge in [-0.15, -0.1) is 10.3 Å². The molecule has 1 atom stereocenters. The molecule has 1 radical (unpaired) electrons. The van der Waals surface area contributed by atoms with Gasteiger partial charge in [-0.3, -0.25) is 4.98 Å². The van der Waals surface area contributed by atoms with Crippen molar-refractivity contribution in [1.29, 1.82) is 0 Å². The first-order chi connectivity index (χ1) is 6.97. The topological polar surface area (TPSA) is 45.3 Å². The summed E-state index contributed by atoms with van der Waals surface area (Å²) in [6.07, 6.45) is 1.67. The first-order valence-electron chi connectivity index (χ1n) is 5.00. The Labute approximate surface area is 89.5 Å². The number of nitrogens with zero attached hydrogens (tertiary/aromatic N) is 2. The third-order valence-electron chi connectivity index (χ3n) is 2.78. The van der Waals surface area contributed by atoms with Gasteiger partial charge in [-0.05, 0) is 32.9 Å². The fourth-order valence-corrected chi connectivity index (χ4v) is 1.83. The van der Waals surface area contributed by atoms with Crippen molar-refractivity contribution in [3.63, 3.8) is 0 Å². The second kappa shape index (κ2) is 3.27. The number of ether oxygens (including phenoxy) is 1. The average molecular weight is 207 g/mol. The van der Waals surface area contributed by atoms with E-state index in [9.17, 15) is 5.21 Å². The Morgan fingerprint density at radius 1 is 1.40 bits per heavy atom. The lowest BCUT2D eigenvalue weighted by Gasteiger charge is -2.31. The Hall–Kier alpha value is -0.970. The molecule has 1 aromatic heterocycles. The van der Waals surface area contributed by atoms with E-state index >= 15 is 0 Å². The molecule has 0 N–H and O–H groups in total. The Kier molecular flexibility index (Phi) is 2.30. The molecule has 2 rings (SSSR count). The van der Waals surface area contributed by atoms with Crippen molar-refractivity contribution < 1.29 is 9.94 Å². The number of hydroxylamine groups is 2. The van der Waals surface area contributed by atoms with Crippen LogP contribution in [0.3, 0.4) is 0 Å². The van der Waals surface area contributed by atoms with Crippen LogP contribution in [-0.2, 0) is 15.7 Å². The third-order valence-corrected chi connectivity index (χ3v) is 2.78. The first kappa shape index (κ1) is 10.5. The molecule has 1 aromatic rings. The van der Waals surface area contributed by atoms with E-state index in [0.717, 1.165) is 5.06 Å². The highest BCUT2D eigenvalue weighted by molar-refractivity contribution is 5.14. The van der Waals surface area contributed by atoms with Crippen LogP contribution in [0.25, 0.3) is 0 Å². The Morgan fingerprint density at radius 3 is 2.60 bits per heavy atom. The van der Waals surface area contributed by atoms with Gasteiger partial charge >= 0.3 is 0 Å². The smallest absolute Gasteiger partial charge is 0.187 e. The van der Waals surface area contributed by atoms with Crippen LogP contribution in [0.1, 0.15) is 26.5 Å². The summed E-state index contributed by atoms with van der Waals surface area (Å²) in [5.74, 6) is 0. The zero-order valence-corrected chi connectivity index (χ0v) is 9.23. The van der Waals surface area contributed by atoms with Gasteiger partial charge in [0.1, 0.15) is 0 Å². The fraction of sp³-hybridized carbons (Fsp3) is 0.545. The van der Waals surface area contributed by atoms with Gasteiger partial charge in [0, 0.05) is 6.20 Å². The SMILES string of the molecule is CC1(C)COC(C)(c2ccccn2)N1[O]. The van der Waals surface area contributed by atoms with Crippen LogP contribution in [0.15, 0.2) is 24.4 Å². The number of hydrogen-bond donors (Lipinski definition) is 0. The van der Waals surface area contributed by atoms with Gasteiger partial charge in [-0.25, -0.2) is 0 Å². The van der Waals surface area contributed by atoms with Gasteiger partial charge in [-0.1, -0.05) is 6.07 Å². The van der Waals surface area contributed by atoms with E-state index in [2.05, 4.69) is 4.98 Å². The second-order valence-corrected chi connectivity index (χ2v) is 4.59. The van der Waals surface area contributed by atoms with E-state index < -0.39 is 11.3 Å². The number of pyridine rings is 1. The summed E-state index contributed by atoms with van der Waals surface area (Å²) in [5, 5.41) is 13.1. The molecule has 1 fully saturated rings. The van der Waals surface area contributed by atoms with E-state index in [-0.39, 0.29) is 0 Å². The van der Waals surface area contributed by atoms with E-state index in [1.807, 2.05) is 32.0 Å². The number of aromatic nitrogens is 1. The molecule has 4 nitrogen and oxygen atoms in total. The van der Waals surface area contributed by atoms with E-state index in [1.165, 1.54) is 0 Å². The van der Waals surface area contributed by atoms with E-state index in [4.69, 9.17) is 4.74 Å². The van der Waals surface area contributed by atoms with Crippen molar-refractivity contribution in [2.24, 2.45) is 0 Å². The highest BCUT2D eigenvalue weighted by Gasteiger charge is 2.51. The average Bonchev–Trinajstić information content (AvgIpc) is 2.45. The quantitative estimate of drug-likeness (QED) is 0.704. The van der Waals surface area contributed by atoms with Crippen molar-refractivity contribution in [3.05, 3.63) is 30.1 Å². The van der Waals surface area contributed by atoms with Crippen LogP contribution in [-0.4, -0.2) is 22.2 Å². The molecule has 0 spiro atoms. The molecule has 1 unspecified atom stereocenters. The highest BCUT2D eigenvalue weighted by atomic mass is 16.6. The van der Waals surface area contributed by atoms with Crippen LogP contribution >= 0.6 is 0 Å². The van der Waals surface area contributed by atoms with Crippen LogP contribution in [0.2, 0.25) is 0 Å². The maximum Gasteiger partial charge on any atom is 0.187 e. The Bertz CT molecular complexity index is 353. The molecule has 0 saturated carbocycles. The zero-order chi connectivity index (χ0) is 11.1. The summed E-state index contributed by atoms with van der Waals surface area (Å²) in [5.41, 5.74) is -0.789. The fourth-order valence-electron chi connectivity index (χ4n) is 1.83. The van der Waals surface area contributed by atoms with Crippen LogP contribution in [0.5, 0.6) is 0 Å². The van der Waals surface area contributed by atoms with Crippen molar-refractivity contribution >= 4 is 0 Å². The van der Waals surface area contributed by atoms with E-state index in [0.29, 0.717) is 12.3 Å². The second-order valence-electron chi connectivity index (χ2n) is 4.59. The van der Waals surface area contributed by atoms with Crippen LogP contribution in [0, 0.1) is 0 Å². The molecule has 81 valence electrons. The number of rotatable bonds is 1. The van der Waals surface area contributed by atoms with Gasteiger partial charge < -0.3 is 4.74 Å². The minimum absolute atomic E-state index is 0.420. The maximum absolute atomic E-state index is 12.1. The molecule has 0 aliphatic carbocycles. The summed E-state index contributed by atoms with van der Waals surface area (Å²) in [7, 11) is 0. The minimum Gasteiger partial charge on any atom is -0.350 e. The lowest BCUT2D eigenvalue weighted by molar-refractivity contribution is -0.291. The molecule has 1 aliphatic heterocycles. The van der Waals surface area contributed by atoms with Crippen LogP contribution < -0.4 is 0 Å². The standard InChI is InChI=1S/C11H15N2O2/c1-10(2)8-15-11(3,13(10)14)9-6-4-5-7-12-9/h4-7H,8H2,1-3H3. The predicted molar refractivity (Wildman–Crippen MR) is 54.1 cm³/mol. The molecule has 1 aliphatic rings. The highest BCUT2D eigenvalue weighted by Crippen LogP contribution is 2.39. The zero-order valence-electron chi connectivity index (χ0n) is 9.23. The van der Waals surface area contributed by atoms with Crippen molar-refractivity contribution in [1.82, 2.24) is 10.0 Å². The van der Waals surface area contributed by atoms with E-state index in [1.54, 1.807) is 13.1 Å². The van der Waals surface area contributed by atoms with Gasteiger partial charge in [0.2, 0.25) is 0 Å². The number of hydrogen-bond acceptors (Lipinski definition) is 3. The summed E-state index contributed by atoms with van der Waals surface area (Å²) in [6, 6.07) is 5.49. The van der Waals surface area contributed by atoms with Crippen molar-refractivity contribution in [2.75, 3.05) is 6.61 Å². The van der Waals surface area contributed by atoms with Gasteiger partial charge in [0.25, 0.3) is 0 Å². The van der Waals surface area contributed by atoms with Crippen molar-refractivity contribution in [2.45, 2.75) is 32.0 Å². The molecule has 0 amide bonds.